The molecule has 0 aliphatic heterocycles. The standard InChI is InChI=1S/C12H22O2Si/c1-8(15(13)14)12-5-9-2-10(6-12)4-11(3-9)7-12/h8-11,13-15H,2-7H2,1H3. The van der Waals surface area contributed by atoms with Crippen LogP contribution in [0.3, 0.4) is 0 Å². The molecule has 0 aromatic carbocycles. The van der Waals surface area contributed by atoms with Gasteiger partial charge in [0.1, 0.15) is 0 Å². The highest BCUT2D eigenvalue weighted by atomic mass is 28.3. The van der Waals surface area contributed by atoms with Crippen molar-refractivity contribution in [2.45, 2.75) is 51.0 Å². The van der Waals surface area contributed by atoms with Gasteiger partial charge in [0.25, 0.3) is 0 Å². The molecule has 0 radical (unpaired) electrons. The summed E-state index contributed by atoms with van der Waals surface area (Å²) in [5.41, 5.74) is 0.556. The van der Waals surface area contributed by atoms with Crippen LogP contribution in [-0.4, -0.2) is 18.9 Å². The first-order valence-electron chi connectivity index (χ1n) is 6.45. The predicted octanol–water partition coefficient (Wildman–Crippen LogP) is 1.80. The maximum Gasteiger partial charge on any atom is 0.319 e. The zero-order valence-corrected chi connectivity index (χ0v) is 10.7. The fraction of sp³-hybridized carbons (Fsp3) is 1.00. The van der Waals surface area contributed by atoms with E-state index in [1.165, 1.54) is 38.5 Å². The maximum absolute atomic E-state index is 9.58. The lowest BCUT2D eigenvalue weighted by atomic mass is 9.49. The van der Waals surface area contributed by atoms with Crippen LogP contribution in [0.15, 0.2) is 0 Å². The Bertz CT molecular complexity index is 229. The Morgan fingerprint density at radius 3 is 1.73 bits per heavy atom. The van der Waals surface area contributed by atoms with Gasteiger partial charge < -0.3 is 9.59 Å². The zero-order valence-electron chi connectivity index (χ0n) is 9.52. The summed E-state index contributed by atoms with van der Waals surface area (Å²) in [5.74, 6) is 2.77. The molecule has 0 heterocycles. The van der Waals surface area contributed by atoms with E-state index in [-0.39, 0.29) is 5.54 Å². The molecule has 15 heavy (non-hydrogen) atoms. The normalized spacial score (nSPS) is 50.0. The molecule has 4 bridgehead atoms. The zero-order chi connectivity index (χ0) is 10.6. The summed E-state index contributed by atoms with van der Waals surface area (Å²) in [6.45, 7) is 2.10. The van der Waals surface area contributed by atoms with Crippen molar-refractivity contribution in [3.05, 3.63) is 0 Å². The summed E-state index contributed by atoms with van der Waals surface area (Å²) >= 11 is 0. The van der Waals surface area contributed by atoms with Crippen LogP contribution in [0.25, 0.3) is 0 Å². The SMILES string of the molecule is CC([SiH](O)O)C12CC3CC(CC(C3)C1)C2. The molecule has 0 saturated heterocycles. The summed E-state index contributed by atoms with van der Waals surface area (Å²) in [5, 5.41) is 0. The van der Waals surface area contributed by atoms with Gasteiger partial charge in [-0.15, -0.1) is 0 Å². The lowest BCUT2D eigenvalue weighted by Gasteiger charge is -2.59. The molecule has 4 saturated carbocycles. The average molecular weight is 226 g/mol. The lowest BCUT2D eigenvalue weighted by molar-refractivity contribution is -0.0583. The van der Waals surface area contributed by atoms with Crippen LogP contribution in [-0.2, 0) is 0 Å². The quantitative estimate of drug-likeness (QED) is 0.705. The topological polar surface area (TPSA) is 40.5 Å². The smallest absolute Gasteiger partial charge is 0.319 e. The molecule has 86 valence electrons. The van der Waals surface area contributed by atoms with Crippen molar-refractivity contribution in [1.29, 1.82) is 0 Å². The third-order valence-electron chi connectivity index (χ3n) is 5.50. The first-order valence-corrected chi connectivity index (χ1v) is 8.15. The van der Waals surface area contributed by atoms with Crippen molar-refractivity contribution in [2.75, 3.05) is 0 Å². The minimum absolute atomic E-state index is 0.214. The molecule has 4 rings (SSSR count). The molecule has 4 aliphatic carbocycles. The maximum atomic E-state index is 9.58. The van der Waals surface area contributed by atoms with Crippen LogP contribution in [0.1, 0.15) is 45.4 Å². The fourth-order valence-corrected chi connectivity index (χ4v) is 6.09. The van der Waals surface area contributed by atoms with Gasteiger partial charge in [-0.25, -0.2) is 0 Å². The Morgan fingerprint density at radius 1 is 1.00 bits per heavy atom. The molecule has 1 unspecified atom stereocenters. The van der Waals surface area contributed by atoms with E-state index >= 15 is 0 Å². The molecule has 3 heteroatoms. The number of hydrogen-bond donors (Lipinski definition) is 2. The predicted molar refractivity (Wildman–Crippen MR) is 61.6 cm³/mol. The summed E-state index contributed by atoms with van der Waals surface area (Å²) in [7, 11) is -2.42. The third kappa shape index (κ3) is 1.51. The lowest BCUT2D eigenvalue weighted by Crippen LogP contribution is -2.50. The highest BCUT2D eigenvalue weighted by molar-refractivity contribution is 6.43. The Hall–Kier alpha value is 0.137. The van der Waals surface area contributed by atoms with Gasteiger partial charge in [0, 0.05) is 5.54 Å². The fourth-order valence-electron chi connectivity index (χ4n) is 5.05. The first-order chi connectivity index (χ1) is 7.09. The second-order valence-corrected chi connectivity index (χ2v) is 8.31. The molecule has 0 amide bonds. The van der Waals surface area contributed by atoms with E-state index in [1.807, 2.05) is 0 Å². The molecule has 0 aromatic rings. The summed E-state index contributed by atoms with van der Waals surface area (Å²) in [6, 6.07) is 0. The van der Waals surface area contributed by atoms with Crippen LogP contribution >= 0.6 is 0 Å². The van der Waals surface area contributed by atoms with Gasteiger partial charge >= 0.3 is 9.28 Å². The van der Waals surface area contributed by atoms with Gasteiger partial charge in [-0.1, -0.05) is 6.92 Å². The molecule has 4 fully saturated rings. The number of rotatable bonds is 2. The second kappa shape index (κ2) is 3.31. The number of hydrogen-bond acceptors (Lipinski definition) is 2. The van der Waals surface area contributed by atoms with Crippen LogP contribution in [0.5, 0.6) is 0 Å². The molecule has 4 aliphatic rings. The van der Waals surface area contributed by atoms with Crippen molar-refractivity contribution in [3.63, 3.8) is 0 Å². The Morgan fingerprint density at radius 2 is 1.40 bits per heavy atom. The summed E-state index contributed by atoms with van der Waals surface area (Å²) < 4.78 is 0. The Kier molecular flexibility index (Phi) is 2.28. The van der Waals surface area contributed by atoms with Gasteiger partial charge in [-0.05, 0) is 61.7 Å². The van der Waals surface area contributed by atoms with E-state index in [4.69, 9.17) is 0 Å². The van der Waals surface area contributed by atoms with E-state index in [9.17, 15) is 9.59 Å². The van der Waals surface area contributed by atoms with Crippen LogP contribution in [0, 0.1) is 23.2 Å². The van der Waals surface area contributed by atoms with Crippen molar-refractivity contribution < 1.29 is 9.59 Å². The molecule has 0 aromatic heterocycles. The van der Waals surface area contributed by atoms with Crippen LogP contribution < -0.4 is 0 Å². The first kappa shape index (κ1) is 10.3. The summed E-state index contributed by atoms with van der Waals surface area (Å²) in [6.07, 6.45) is 8.21. The van der Waals surface area contributed by atoms with Gasteiger partial charge in [0.15, 0.2) is 0 Å². The van der Waals surface area contributed by atoms with Crippen molar-refractivity contribution in [2.24, 2.45) is 23.2 Å². The minimum atomic E-state index is -2.42. The molecular weight excluding hydrogens is 204 g/mol. The van der Waals surface area contributed by atoms with E-state index in [0.29, 0.717) is 5.41 Å². The monoisotopic (exact) mass is 226 g/mol. The van der Waals surface area contributed by atoms with E-state index < -0.39 is 9.28 Å². The molecule has 2 N–H and O–H groups in total. The average Bonchev–Trinajstić information content (AvgIpc) is 2.14. The van der Waals surface area contributed by atoms with Crippen LogP contribution in [0.4, 0.5) is 0 Å². The van der Waals surface area contributed by atoms with Crippen molar-refractivity contribution in [1.82, 2.24) is 0 Å². The van der Waals surface area contributed by atoms with E-state index in [0.717, 1.165) is 17.8 Å². The summed E-state index contributed by atoms with van der Waals surface area (Å²) in [4.78, 5) is 19.2. The molecule has 0 spiro atoms. The largest absolute Gasteiger partial charge is 0.413 e. The van der Waals surface area contributed by atoms with Gasteiger partial charge in [0.05, 0.1) is 0 Å². The second-order valence-electron chi connectivity index (χ2n) is 6.48. The van der Waals surface area contributed by atoms with Gasteiger partial charge in [0.2, 0.25) is 0 Å². The Labute approximate surface area is 93.5 Å². The van der Waals surface area contributed by atoms with E-state index in [2.05, 4.69) is 6.92 Å². The molecular formula is C12H22O2Si. The highest BCUT2D eigenvalue weighted by Crippen LogP contribution is 2.64. The Balaban J connectivity index is 1.86. The van der Waals surface area contributed by atoms with Gasteiger partial charge in [-0.2, -0.15) is 0 Å². The van der Waals surface area contributed by atoms with Gasteiger partial charge in [-0.3, -0.25) is 0 Å². The van der Waals surface area contributed by atoms with Crippen molar-refractivity contribution in [3.8, 4) is 0 Å². The molecule has 2 nitrogen and oxygen atoms in total. The van der Waals surface area contributed by atoms with E-state index in [1.54, 1.807) is 0 Å². The highest BCUT2D eigenvalue weighted by Gasteiger charge is 2.54. The molecule has 1 atom stereocenters. The third-order valence-corrected chi connectivity index (χ3v) is 7.10. The van der Waals surface area contributed by atoms with Crippen molar-refractivity contribution >= 4 is 9.28 Å². The minimum Gasteiger partial charge on any atom is -0.413 e. The van der Waals surface area contributed by atoms with Crippen LogP contribution in [0.2, 0.25) is 5.54 Å².